The molecule has 0 radical (unpaired) electrons. The minimum Gasteiger partial charge on any atom is -0.493 e. The number of alkyl halides is 1. The molecule has 0 N–H and O–H groups in total. The molecule has 1 aliphatic heterocycles. The highest BCUT2D eigenvalue weighted by molar-refractivity contribution is 9.09. The molecular formula is C15H21BrO4. The van der Waals surface area contributed by atoms with Crippen molar-refractivity contribution in [1.29, 1.82) is 0 Å². The smallest absolute Gasteiger partial charge is 0.203 e. The Balaban J connectivity index is 2.40. The zero-order valence-corrected chi connectivity index (χ0v) is 13.9. The van der Waals surface area contributed by atoms with Gasteiger partial charge in [0.05, 0.1) is 27.4 Å². The van der Waals surface area contributed by atoms with Crippen LogP contribution in [0.2, 0.25) is 0 Å². The Morgan fingerprint density at radius 1 is 1.15 bits per heavy atom. The fourth-order valence-electron chi connectivity index (χ4n) is 2.70. The van der Waals surface area contributed by atoms with Crippen molar-refractivity contribution in [1.82, 2.24) is 0 Å². The Bertz CT molecular complexity index is 463. The summed E-state index contributed by atoms with van der Waals surface area (Å²) in [6.07, 6.45) is 1.27. The predicted molar refractivity (Wildman–Crippen MR) is 81.3 cm³/mol. The molecule has 0 saturated carbocycles. The topological polar surface area (TPSA) is 36.9 Å². The summed E-state index contributed by atoms with van der Waals surface area (Å²) in [6, 6.07) is 3.93. The van der Waals surface area contributed by atoms with Crippen molar-refractivity contribution < 1.29 is 18.9 Å². The summed E-state index contributed by atoms with van der Waals surface area (Å²) in [5.41, 5.74) is 1.06. The van der Waals surface area contributed by atoms with Crippen LogP contribution in [0.25, 0.3) is 0 Å². The quantitative estimate of drug-likeness (QED) is 0.765. The highest BCUT2D eigenvalue weighted by Crippen LogP contribution is 2.48. The highest BCUT2D eigenvalue weighted by atomic mass is 79.9. The standard InChI is InChI=1S/C15H21BrO4/c1-9-10(7-8-20-9)13(16)11-5-6-12(17-2)15(19-4)14(11)18-3/h5-6,9-10,13H,7-8H2,1-4H3. The molecule has 3 atom stereocenters. The number of hydrogen-bond donors (Lipinski definition) is 0. The summed E-state index contributed by atoms with van der Waals surface area (Å²) >= 11 is 3.80. The van der Waals surface area contributed by atoms with Crippen molar-refractivity contribution in [3.05, 3.63) is 17.7 Å². The maximum atomic E-state index is 5.66. The van der Waals surface area contributed by atoms with Crippen LogP contribution in [0.1, 0.15) is 23.7 Å². The molecule has 5 heteroatoms. The van der Waals surface area contributed by atoms with E-state index in [4.69, 9.17) is 18.9 Å². The predicted octanol–water partition coefficient (Wildman–Crippen LogP) is 3.57. The van der Waals surface area contributed by atoms with E-state index < -0.39 is 0 Å². The van der Waals surface area contributed by atoms with Crippen molar-refractivity contribution in [3.63, 3.8) is 0 Å². The van der Waals surface area contributed by atoms with Crippen LogP contribution in [-0.2, 0) is 4.74 Å². The zero-order valence-electron chi connectivity index (χ0n) is 12.3. The van der Waals surface area contributed by atoms with Crippen LogP contribution in [0.4, 0.5) is 0 Å². The molecule has 0 spiro atoms. The van der Waals surface area contributed by atoms with Gasteiger partial charge in [-0.2, -0.15) is 0 Å². The first-order valence-corrected chi connectivity index (χ1v) is 7.60. The van der Waals surface area contributed by atoms with Crippen LogP contribution >= 0.6 is 15.9 Å². The second-order valence-electron chi connectivity index (χ2n) is 4.85. The summed E-state index contributed by atoms with van der Waals surface area (Å²) in [7, 11) is 4.89. The lowest BCUT2D eigenvalue weighted by Crippen LogP contribution is -2.17. The zero-order chi connectivity index (χ0) is 14.7. The third-order valence-electron chi connectivity index (χ3n) is 3.84. The van der Waals surface area contributed by atoms with E-state index in [-0.39, 0.29) is 10.9 Å². The molecule has 20 heavy (non-hydrogen) atoms. The van der Waals surface area contributed by atoms with Gasteiger partial charge < -0.3 is 18.9 Å². The normalized spacial score (nSPS) is 23.4. The molecule has 1 fully saturated rings. The van der Waals surface area contributed by atoms with Crippen LogP contribution < -0.4 is 14.2 Å². The minimum atomic E-state index is 0.162. The minimum absolute atomic E-state index is 0.162. The highest BCUT2D eigenvalue weighted by Gasteiger charge is 2.34. The Labute approximate surface area is 128 Å². The van der Waals surface area contributed by atoms with Crippen LogP contribution in [0.5, 0.6) is 17.2 Å². The number of rotatable bonds is 5. The monoisotopic (exact) mass is 344 g/mol. The van der Waals surface area contributed by atoms with Gasteiger partial charge in [-0.3, -0.25) is 0 Å². The van der Waals surface area contributed by atoms with Crippen molar-refractivity contribution in [2.75, 3.05) is 27.9 Å². The van der Waals surface area contributed by atoms with Crippen molar-refractivity contribution in [3.8, 4) is 17.2 Å². The Morgan fingerprint density at radius 3 is 2.35 bits per heavy atom. The Kier molecular flexibility index (Phi) is 5.16. The number of ether oxygens (including phenoxy) is 4. The second kappa shape index (κ2) is 6.68. The van der Waals surface area contributed by atoms with Gasteiger partial charge in [0.15, 0.2) is 11.5 Å². The lowest BCUT2D eigenvalue weighted by molar-refractivity contribution is 0.105. The lowest BCUT2D eigenvalue weighted by Gasteiger charge is -2.24. The molecule has 1 aromatic rings. The summed E-state index contributed by atoms with van der Waals surface area (Å²) in [6.45, 7) is 2.92. The van der Waals surface area contributed by atoms with E-state index in [2.05, 4.69) is 22.9 Å². The summed E-state index contributed by atoms with van der Waals surface area (Å²) < 4.78 is 22.0. The van der Waals surface area contributed by atoms with Gasteiger partial charge in [-0.1, -0.05) is 22.0 Å². The van der Waals surface area contributed by atoms with Crippen molar-refractivity contribution >= 4 is 15.9 Å². The third kappa shape index (κ3) is 2.74. The number of methoxy groups -OCH3 is 3. The molecule has 0 aliphatic carbocycles. The van der Waals surface area contributed by atoms with E-state index in [1.165, 1.54) is 0 Å². The molecule has 112 valence electrons. The van der Waals surface area contributed by atoms with Gasteiger partial charge in [0.2, 0.25) is 5.75 Å². The van der Waals surface area contributed by atoms with Gasteiger partial charge in [0.25, 0.3) is 0 Å². The second-order valence-corrected chi connectivity index (χ2v) is 5.84. The Morgan fingerprint density at radius 2 is 1.85 bits per heavy atom. The molecule has 2 rings (SSSR count). The fourth-order valence-corrected chi connectivity index (χ4v) is 3.76. The van der Waals surface area contributed by atoms with Crippen LogP contribution in [0, 0.1) is 5.92 Å². The fraction of sp³-hybridized carbons (Fsp3) is 0.600. The third-order valence-corrected chi connectivity index (χ3v) is 5.01. The van der Waals surface area contributed by atoms with Gasteiger partial charge >= 0.3 is 0 Å². The van der Waals surface area contributed by atoms with Crippen LogP contribution in [-0.4, -0.2) is 34.0 Å². The van der Waals surface area contributed by atoms with Gasteiger partial charge in [0.1, 0.15) is 0 Å². The van der Waals surface area contributed by atoms with Gasteiger partial charge in [-0.25, -0.2) is 0 Å². The van der Waals surface area contributed by atoms with E-state index in [0.717, 1.165) is 18.6 Å². The molecule has 0 amide bonds. The lowest BCUT2D eigenvalue weighted by atomic mass is 9.93. The van der Waals surface area contributed by atoms with E-state index >= 15 is 0 Å². The van der Waals surface area contributed by atoms with Gasteiger partial charge in [-0.05, 0) is 19.4 Å². The van der Waals surface area contributed by atoms with Gasteiger partial charge in [0, 0.05) is 22.9 Å². The molecule has 1 aliphatic rings. The first kappa shape index (κ1) is 15.4. The van der Waals surface area contributed by atoms with E-state index in [1.54, 1.807) is 21.3 Å². The first-order chi connectivity index (χ1) is 9.63. The Hall–Kier alpha value is -0.940. The molecule has 0 bridgehead atoms. The van der Waals surface area contributed by atoms with E-state index in [1.807, 2.05) is 12.1 Å². The SMILES string of the molecule is COc1ccc(C(Br)C2CCOC2C)c(OC)c1OC. The van der Waals surface area contributed by atoms with E-state index in [0.29, 0.717) is 23.2 Å². The molecule has 0 aromatic heterocycles. The van der Waals surface area contributed by atoms with Crippen LogP contribution in [0.15, 0.2) is 12.1 Å². The molecule has 1 aromatic carbocycles. The van der Waals surface area contributed by atoms with Crippen molar-refractivity contribution in [2.45, 2.75) is 24.3 Å². The molecule has 1 heterocycles. The number of hydrogen-bond acceptors (Lipinski definition) is 4. The maximum absolute atomic E-state index is 5.66. The number of halogens is 1. The van der Waals surface area contributed by atoms with Gasteiger partial charge in [-0.15, -0.1) is 0 Å². The molecule has 1 saturated heterocycles. The average Bonchev–Trinajstić information content (AvgIpc) is 2.90. The summed E-state index contributed by atoms with van der Waals surface area (Å²) in [4.78, 5) is 0.162. The van der Waals surface area contributed by atoms with Crippen LogP contribution in [0.3, 0.4) is 0 Å². The summed E-state index contributed by atoms with van der Waals surface area (Å²) in [5.74, 6) is 2.43. The largest absolute Gasteiger partial charge is 0.493 e. The molecular weight excluding hydrogens is 324 g/mol. The first-order valence-electron chi connectivity index (χ1n) is 6.68. The molecule has 4 nitrogen and oxygen atoms in total. The van der Waals surface area contributed by atoms with Crippen molar-refractivity contribution in [2.24, 2.45) is 5.92 Å². The van der Waals surface area contributed by atoms with E-state index in [9.17, 15) is 0 Å². The average molecular weight is 345 g/mol. The summed E-state index contributed by atoms with van der Waals surface area (Å²) in [5, 5.41) is 0. The molecule has 3 unspecified atom stereocenters. The number of benzene rings is 1. The maximum Gasteiger partial charge on any atom is 0.203 e.